The number of urea groups is 1. The number of carbonyl (C=O) groups excluding carboxylic acids is 2. The smallest absolute Gasteiger partial charge is 0.321 e. The van der Waals surface area contributed by atoms with Crippen molar-refractivity contribution in [2.45, 2.75) is 0 Å². The van der Waals surface area contributed by atoms with Gasteiger partial charge in [0.1, 0.15) is 0 Å². The molecule has 0 aliphatic carbocycles. The number of carbonyl (C=O) groups is 2. The largest absolute Gasteiger partial charge is 0.336 e. The highest BCUT2D eigenvalue weighted by molar-refractivity contribution is 5.95. The minimum atomic E-state index is -0.187. The number of amides is 3. The van der Waals surface area contributed by atoms with Crippen LogP contribution in [0.15, 0.2) is 24.3 Å². The molecule has 1 N–H and O–H groups in total. The Balaban J connectivity index is 1.98. The van der Waals surface area contributed by atoms with Crippen LogP contribution in [0.5, 0.6) is 0 Å². The Labute approximate surface area is 125 Å². The molecule has 0 radical (unpaired) electrons. The summed E-state index contributed by atoms with van der Waals surface area (Å²) < 4.78 is 0. The number of benzene rings is 1. The van der Waals surface area contributed by atoms with Gasteiger partial charge >= 0.3 is 6.03 Å². The zero-order valence-corrected chi connectivity index (χ0v) is 12.8. The first-order valence-corrected chi connectivity index (χ1v) is 7.03. The van der Waals surface area contributed by atoms with Gasteiger partial charge in [0, 0.05) is 51.5 Å². The topological polar surface area (TPSA) is 55.9 Å². The number of piperazine rings is 1. The van der Waals surface area contributed by atoms with Crippen LogP contribution in [-0.4, -0.2) is 74.0 Å². The molecule has 1 fully saturated rings. The zero-order valence-electron chi connectivity index (χ0n) is 12.8. The second kappa shape index (κ2) is 6.58. The molecule has 0 saturated carbocycles. The van der Waals surface area contributed by atoms with Gasteiger partial charge in [-0.05, 0) is 31.3 Å². The molecule has 1 aliphatic heterocycles. The first kappa shape index (κ1) is 15.3. The Kier molecular flexibility index (Phi) is 4.80. The molecule has 114 valence electrons. The second-order valence-electron chi connectivity index (χ2n) is 5.50. The van der Waals surface area contributed by atoms with Crippen molar-refractivity contribution in [1.29, 1.82) is 0 Å². The van der Waals surface area contributed by atoms with E-state index in [9.17, 15) is 9.59 Å². The van der Waals surface area contributed by atoms with Crippen molar-refractivity contribution in [2.75, 3.05) is 52.6 Å². The Hall–Kier alpha value is -2.08. The lowest BCUT2D eigenvalue weighted by atomic mass is 10.1. The van der Waals surface area contributed by atoms with Gasteiger partial charge in [-0.25, -0.2) is 4.79 Å². The van der Waals surface area contributed by atoms with Gasteiger partial charge in [-0.1, -0.05) is 0 Å². The standard InChI is InChI=1S/C15H22N4O2/c1-17(2)15(21)16-13-6-4-12(5-7-13)14(20)19-10-8-18(3)9-11-19/h4-7H,8-11H2,1-3H3,(H,16,21). The van der Waals surface area contributed by atoms with Crippen molar-refractivity contribution in [3.05, 3.63) is 29.8 Å². The quantitative estimate of drug-likeness (QED) is 0.889. The third-order valence-corrected chi connectivity index (χ3v) is 3.58. The molecule has 0 aromatic heterocycles. The van der Waals surface area contributed by atoms with E-state index in [4.69, 9.17) is 0 Å². The summed E-state index contributed by atoms with van der Waals surface area (Å²) in [6.07, 6.45) is 0. The molecule has 2 rings (SSSR count). The summed E-state index contributed by atoms with van der Waals surface area (Å²) in [7, 11) is 5.42. The SMILES string of the molecule is CN1CCN(C(=O)c2ccc(NC(=O)N(C)C)cc2)CC1. The number of likely N-dealkylation sites (N-methyl/N-ethyl adjacent to an activating group) is 1. The lowest BCUT2D eigenvalue weighted by Gasteiger charge is -2.32. The fourth-order valence-electron chi connectivity index (χ4n) is 2.12. The van der Waals surface area contributed by atoms with E-state index in [2.05, 4.69) is 17.3 Å². The zero-order chi connectivity index (χ0) is 15.4. The molecule has 6 heteroatoms. The Morgan fingerprint density at radius 1 is 1.05 bits per heavy atom. The summed E-state index contributed by atoms with van der Waals surface area (Å²) in [4.78, 5) is 29.4. The summed E-state index contributed by atoms with van der Waals surface area (Å²) in [5.41, 5.74) is 1.34. The second-order valence-corrected chi connectivity index (χ2v) is 5.50. The van der Waals surface area contributed by atoms with E-state index in [1.165, 1.54) is 4.90 Å². The monoisotopic (exact) mass is 290 g/mol. The molecule has 1 saturated heterocycles. The first-order chi connectivity index (χ1) is 9.97. The molecule has 6 nitrogen and oxygen atoms in total. The molecule has 21 heavy (non-hydrogen) atoms. The van der Waals surface area contributed by atoms with Gasteiger partial charge in [-0.2, -0.15) is 0 Å². The van der Waals surface area contributed by atoms with Crippen molar-refractivity contribution < 1.29 is 9.59 Å². The molecule has 0 atom stereocenters. The number of hydrogen-bond acceptors (Lipinski definition) is 3. The van der Waals surface area contributed by atoms with Gasteiger partial charge in [0.05, 0.1) is 0 Å². The predicted molar refractivity (Wildman–Crippen MR) is 82.5 cm³/mol. The third kappa shape index (κ3) is 3.95. The van der Waals surface area contributed by atoms with E-state index < -0.39 is 0 Å². The van der Waals surface area contributed by atoms with Gasteiger partial charge in [-0.3, -0.25) is 4.79 Å². The van der Waals surface area contributed by atoms with Gasteiger partial charge < -0.3 is 20.0 Å². The van der Waals surface area contributed by atoms with Crippen LogP contribution in [0.1, 0.15) is 10.4 Å². The molecular formula is C15H22N4O2. The molecular weight excluding hydrogens is 268 g/mol. The molecule has 0 bridgehead atoms. The van der Waals surface area contributed by atoms with E-state index in [0.717, 1.165) is 26.2 Å². The minimum Gasteiger partial charge on any atom is -0.336 e. The van der Waals surface area contributed by atoms with Crippen LogP contribution in [0.3, 0.4) is 0 Å². The van der Waals surface area contributed by atoms with E-state index in [1.807, 2.05) is 4.90 Å². The van der Waals surface area contributed by atoms with Crippen molar-refractivity contribution in [3.63, 3.8) is 0 Å². The normalized spacial score (nSPS) is 15.7. The van der Waals surface area contributed by atoms with Crippen LogP contribution in [0.2, 0.25) is 0 Å². The highest BCUT2D eigenvalue weighted by Gasteiger charge is 2.20. The molecule has 0 spiro atoms. The van der Waals surface area contributed by atoms with E-state index >= 15 is 0 Å². The Bertz CT molecular complexity index is 505. The van der Waals surface area contributed by atoms with Crippen LogP contribution in [0.25, 0.3) is 0 Å². The van der Waals surface area contributed by atoms with Crippen LogP contribution >= 0.6 is 0 Å². The van der Waals surface area contributed by atoms with Crippen LogP contribution in [0, 0.1) is 0 Å². The van der Waals surface area contributed by atoms with Crippen LogP contribution < -0.4 is 5.32 Å². The Morgan fingerprint density at radius 3 is 2.14 bits per heavy atom. The van der Waals surface area contributed by atoms with Gasteiger partial charge in [0.15, 0.2) is 0 Å². The summed E-state index contributed by atoms with van der Waals surface area (Å²) in [5.74, 6) is 0.0496. The first-order valence-electron chi connectivity index (χ1n) is 7.03. The molecule has 1 aromatic carbocycles. The van der Waals surface area contributed by atoms with Crippen molar-refractivity contribution in [1.82, 2.24) is 14.7 Å². The van der Waals surface area contributed by atoms with E-state index in [0.29, 0.717) is 11.3 Å². The Morgan fingerprint density at radius 2 is 1.62 bits per heavy atom. The highest BCUT2D eigenvalue weighted by atomic mass is 16.2. The highest BCUT2D eigenvalue weighted by Crippen LogP contribution is 2.13. The van der Waals surface area contributed by atoms with E-state index in [1.54, 1.807) is 38.4 Å². The average Bonchev–Trinajstić information content (AvgIpc) is 2.48. The number of rotatable bonds is 2. The summed E-state index contributed by atoms with van der Waals surface area (Å²) in [6, 6.07) is 6.83. The maximum atomic E-state index is 12.4. The molecule has 1 heterocycles. The van der Waals surface area contributed by atoms with Crippen LogP contribution in [0.4, 0.5) is 10.5 Å². The van der Waals surface area contributed by atoms with Gasteiger partial charge in [0.25, 0.3) is 5.91 Å². The average molecular weight is 290 g/mol. The minimum absolute atomic E-state index is 0.0496. The lowest BCUT2D eigenvalue weighted by Crippen LogP contribution is -2.47. The van der Waals surface area contributed by atoms with Gasteiger partial charge in [-0.15, -0.1) is 0 Å². The molecule has 1 aliphatic rings. The molecule has 1 aromatic rings. The number of anilines is 1. The van der Waals surface area contributed by atoms with Crippen LogP contribution in [-0.2, 0) is 0 Å². The molecule has 3 amide bonds. The van der Waals surface area contributed by atoms with Crippen molar-refractivity contribution in [3.8, 4) is 0 Å². The summed E-state index contributed by atoms with van der Waals surface area (Å²) in [5, 5.41) is 2.75. The maximum absolute atomic E-state index is 12.4. The predicted octanol–water partition coefficient (Wildman–Crippen LogP) is 1.17. The van der Waals surface area contributed by atoms with Crippen molar-refractivity contribution in [2.24, 2.45) is 0 Å². The maximum Gasteiger partial charge on any atom is 0.321 e. The number of hydrogen-bond donors (Lipinski definition) is 1. The van der Waals surface area contributed by atoms with Gasteiger partial charge in [0.2, 0.25) is 0 Å². The van der Waals surface area contributed by atoms with E-state index in [-0.39, 0.29) is 11.9 Å². The fourth-order valence-corrected chi connectivity index (χ4v) is 2.12. The van der Waals surface area contributed by atoms with Crippen molar-refractivity contribution >= 4 is 17.6 Å². The fraction of sp³-hybridized carbons (Fsp3) is 0.467. The lowest BCUT2D eigenvalue weighted by molar-refractivity contribution is 0.0664. The summed E-state index contributed by atoms with van der Waals surface area (Å²) in [6.45, 7) is 3.33. The summed E-state index contributed by atoms with van der Waals surface area (Å²) >= 11 is 0. The number of nitrogens with one attached hydrogen (secondary N) is 1. The number of nitrogens with zero attached hydrogens (tertiary/aromatic N) is 3. The molecule has 0 unspecified atom stereocenters. The third-order valence-electron chi connectivity index (χ3n) is 3.58.